The van der Waals surface area contributed by atoms with Crippen LogP contribution in [0.4, 0.5) is 0 Å². The maximum absolute atomic E-state index is 3.34. The monoisotopic (exact) mass is 213 g/mol. The Morgan fingerprint density at radius 2 is 2.00 bits per heavy atom. The molecule has 1 heterocycles. The van der Waals surface area contributed by atoms with Crippen molar-refractivity contribution in [2.75, 3.05) is 46.8 Å². The fourth-order valence-corrected chi connectivity index (χ4v) is 2.24. The first-order chi connectivity index (χ1) is 7.13. The van der Waals surface area contributed by atoms with E-state index in [0.29, 0.717) is 6.04 Å². The normalized spacial score (nSPS) is 19.6. The average Bonchev–Trinajstić information content (AvgIpc) is 2.07. The average molecular weight is 213 g/mol. The first-order valence-corrected chi connectivity index (χ1v) is 6.23. The molecule has 0 aromatic heterocycles. The summed E-state index contributed by atoms with van der Waals surface area (Å²) in [5.74, 6) is 0.936. The van der Waals surface area contributed by atoms with Gasteiger partial charge in [0.25, 0.3) is 0 Å². The lowest BCUT2D eigenvalue weighted by Gasteiger charge is -2.33. The largest absolute Gasteiger partial charge is 0.316 e. The Morgan fingerprint density at radius 3 is 2.40 bits per heavy atom. The van der Waals surface area contributed by atoms with Crippen molar-refractivity contribution in [2.45, 2.75) is 26.3 Å². The lowest BCUT2D eigenvalue weighted by atomic mass is 9.99. The van der Waals surface area contributed by atoms with Crippen LogP contribution in [0.25, 0.3) is 0 Å². The third kappa shape index (κ3) is 4.49. The Labute approximate surface area is 94.8 Å². The molecule has 15 heavy (non-hydrogen) atoms. The van der Waals surface area contributed by atoms with Gasteiger partial charge < -0.3 is 10.2 Å². The van der Waals surface area contributed by atoms with E-state index in [2.05, 4.69) is 43.1 Å². The molecule has 0 aromatic carbocycles. The summed E-state index contributed by atoms with van der Waals surface area (Å²) in [6.07, 6.45) is 1.36. The predicted octanol–water partition coefficient (Wildman–Crippen LogP) is 0.868. The third-order valence-corrected chi connectivity index (χ3v) is 3.35. The van der Waals surface area contributed by atoms with E-state index in [-0.39, 0.29) is 0 Å². The molecule has 1 unspecified atom stereocenters. The summed E-state index contributed by atoms with van der Waals surface area (Å²) < 4.78 is 0. The molecule has 0 radical (unpaired) electrons. The van der Waals surface area contributed by atoms with Crippen molar-refractivity contribution in [3.05, 3.63) is 0 Å². The summed E-state index contributed by atoms with van der Waals surface area (Å²) in [7, 11) is 4.31. The maximum atomic E-state index is 3.34. The standard InChI is InChI=1S/C12H27N3/c1-5-15(11(2)10-14(3)4)7-6-12-8-13-9-12/h11-13H,5-10H2,1-4H3. The molecule has 1 aliphatic heterocycles. The van der Waals surface area contributed by atoms with Gasteiger partial charge in [-0.25, -0.2) is 0 Å². The van der Waals surface area contributed by atoms with Gasteiger partial charge in [-0.3, -0.25) is 4.90 Å². The molecule has 1 fully saturated rings. The quantitative estimate of drug-likeness (QED) is 0.677. The number of hydrogen-bond acceptors (Lipinski definition) is 3. The Bertz CT molecular complexity index is 166. The topological polar surface area (TPSA) is 18.5 Å². The molecule has 0 saturated carbocycles. The molecule has 1 atom stereocenters. The van der Waals surface area contributed by atoms with Gasteiger partial charge in [0.1, 0.15) is 0 Å². The van der Waals surface area contributed by atoms with Crippen LogP contribution in [0.5, 0.6) is 0 Å². The highest BCUT2D eigenvalue weighted by Crippen LogP contribution is 2.11. The number of rotatable bonds is 7. The Balaban J connectivity index is 2.20. The fraction of sp³-hybridized carbons (Fsp3) is 1.00. The highest BCUT2D eigenvalue weighted by atomic mass is 15.2. The van der Waals surface area contributed by atoms with Crippen LogP contribution in [-0.4, -0.2) is 62.7 Å². The fourth-order valence-electron chi connectivity index (χ4n) is 2.24. The molecule has 1 rings (SSSR count). The molecule has 90 valence electrons. The molecular weight excluding hydrogens is 186 g/mol. The maximum Gasteiger partial charge on any atom is 0.0194 e. The van der Waals surface area contributed by atoms with Crippen molar-refractivity contribution in [3.63, 3.8) is 0 Å². The minimum Gasteiger partial charge on any atom is -0.316 e. The number of hydrogen-bond donors (Lipinski definition) is 1. The van der Waals surface area contributed by atoms with Crippen LogP contribution >= 0.6 is 0 Å². The van der Waals surface area contributed by atoms with Crippen molar-refractivity contribution >= 4 is 0 Å². The second-order valence-electron chi connectivity index (χ2n) is 5.05. The minimum absolute atomic E-state index is 0.679. The summed E-state index contributed by atoms with van der Waals surface area (Å²) in [4.78, 5) is 4.87. The molecule has 1 aliphatic rings. The molecule has 0 aliphatic carbocycles. The van der Waals surface area contributed by atoms with E-state index in [1.54, 1.807) is 0 Å². The molecule has 0 aromatic rings. The van der Waals surface area contributed by atoms with E-state index in [0.717, 1.165) is 12.5 Å². The number of nitrogens with one attached hydrogen (secondary N) is 1. The van der Waals surface area contributed by atoms with E-state index in [4.69, 9.17) is 0 Å². The first-order valence-electron chi connectivity index (χ1n) is 6.23. The van der Waals surface area contributed by atoms with Crippen LogP contribution in [0.2, 0.25) is 0 Å². The number of likely N-dealkylation sites (N-methyl/N-ethyl adjacent to an activating group) is 2. The SMILES string of the molecule is CCN(CCC1CNC1)C(C)CN(C)C. The van der Waals surface area contributed by atoms with Crippen molar-refractivity contribution in [1.29, 1.82) is 0 Å². The van der Waals surface area contributed by atoms with Gasteiger partial charge in [-0.15, -0.1) is 0 Å². The zero-order valence-electron chi connectivity index (χ0n) is 10.8. The zero-order chi connectivity index (χ0) is 11.3. The third-order valence-electron chi connectivity index (χ3n) is 3.35. The van der Waals surface area contributed by atoms with Crippen LogP contribution in [0, 0.1) is 5.92 Å². The van der Waals surface area contributed by atoms with Gasteiger partial charge in [0.05, 0.1) is 0 Å². The van der Waals surface area contributed by atoms with E-state index in [1.165, 1.54) is 32.6 Å². The van der Waals surface area contributed by atoms with Crippen molar-refractivity contribution < 1.29 is 0 Å². The van der Waals surface area contributed by atoms with E-state index < -0.39 is 0 Å². The molecule has 0 amide bonds. The molecular formula is C12H27N3. The second-order valence-corrected chi connectivity index (χ2v) is 5.05. The molecule has 0 bridgehead atoms. The van der Waals surface area contributed by atoms with Crippen LogP contribution in [0.3, 0.4) is 0 Å². The van der Waals surface area contributed by atoms with Crippen LogP contribution in [0.1, 0.15) is 20.3 Å². The zero-order valence-corrected chi connectivity index (χ0v) is 10.8. The summed E-state index contributed by atoms with van der Waals surface area (Å²) in [6.45, 7) is 10.7. The molecule has 0 spiro atoms. The number of nitrogens with zero attached hydrogens (tertiary/aromatic N) is 2. The van der Waals surface area contributed by atoms with Gasteiger partial charge >= 0.3 is 0 Å². The van der Waals surface area contributed by atoms with Gasteiger partial charge in [0, 0.05) is 12.6 Å². The van der Waals surface area contributed by atoms with Gasteiger partial charge in [-0.05, 0) is 59.5 Å². The highest BCUT2D eigenvalue weighted by Gasteiger charge is 2.19. The van der Waals surface area contributed by atoms with Crippen LogP contribution < -0.4 is 5.32 Å². The van der Waals surface area contributed by atoms with E-state index in [9.17, 15) is 0 Å². The summed E-state index contributed by atoms with van der Waals surface area (Å²) in [6, 6.07) is 0.679. The molecule has 1 N–H and O–H groups in total. The smallest absolute Gasteiger partial charge is 0.0194 e. The van der Waals surface area contributed by atoms with E-state index in [1.807, 2.05) is 0 Å². The minimum atomic E-state index is 0.679. The summed E-state index contributed by atoms with van der Waals surface area (Å²) >= 11 is 0. The molecule has 1 saturated heterocycles. The van der Waals surface area contributed by atoms with Crippen LogP contribution in [0.15, 0.2) is 0 Å². The van der Waals surface area contributed by atoms with Crippen molar-refractivity contribution in [3.8, 4) is 0 Å². The molecule has 3 heteroatoms. The van der Waals surface area contributed by atoms with E-state index >= 15 is 0 Å². The predicted molar refractivity (Wildman–Crippen MR) is 66.2 cm³/mol. The summed E-state index contributed by atoms with van der Waals surface area (Å²) in [5.41, 5.74) is 0. The van der Waals surface area contributed by atoms with Gasteiger partial charge in [-0.2, -0.15) is 0 Å². The highest BCUT2D eigenvalue weighted by molar-refractivity contribution is 4.77. The Hall–Kier alpha value is -0.120. The van der Waals surface area contributed by atoms with Crippen LogP contribution in [-0.2, 0) is 0 Å². The Kier molecular flexibility index (Phi) is 5.58. The first kappa shape index (κ1) is 12.9. The lowest BCUT2D eigenvalue weighted by Crippen LogP contribution is -2.46. The lowest BCUT2D eigenvalue weighted by molar-refractivity contribution is 0.162. The molecule has 3 nitrogen and oxygen atoms in total. The van der Waals surface area contributed by atoms with Gasteiger partial charge in [0.2, 0.25) is 0 Å². The van der Waals surface area contributed by atoms with Gasteiger partial charge in [-0.1, -0.05) is 6.92 Å². The second kappa shape index (κ2) is 6.46. The Morgan fingerprint density at radius 1 is 1.33 bits per heavy atom. The van der Waals surface area contributed by atoms with Gasteiger partial charge in [0.15, 0.2) is 0 Å². The van der Waals surface area contributed by atoms with Crippen molar-refractivity contribution in [1.82, 2.24) is 15.1 Å². The summed E-state index contributed by atoms with van der Waals surface area (Å²) in [5, 5.41) is 3.34. The van der Waals surface area contributed by atoms with Crippen molar-refractivity contribution in [2.24, 2.45) is 5.92 Å².